The second-order valence-electron chi connectivity index (χ2n) is 4.24. The molecule has 0 saturated carbocycles. The van der Waals surface area contributed by atoms with Crippen molar-refractivity contribution in [3.05, 3.63) is 64.8 Å². The Bertz CT molecular complexity index is 756. The van der Waals surface area contributed by atoms with Crippen LogP contribution < -0.4 is 5.32 Å². The summed E-state index contributed by atoms with van der Waals surface area (Å²) in [4.78, 5) is 20.5. The van der Waals surface area contributed by atoms with Crippen LogP contribution in [-0.2, 0) is 0 Å². The Morgan fingerprint density at radius 1 is 1.19 bits per heavy atom. The van der Waals surface area contributed by atoms with Gasteiger partial charge in [0.2, 0.25) is 0 Å². The van der Waals surface area contributed by atoms with E-state index in [1.165, 1.54) is 11.3 Å². The van der Waals surface area contributed by atoms with E-state index in [0.29, 0.717) is 15.7 Å². The molecular weight excluding hydrogens is 306 g/mol. The van der Waals surface area contributed by atoms with Gasteiger partial charge in [0.25, 0.3) is 5.91 Å². The maximum Gasteiger partial charge on any atom is 0.257 e. The lowest BCUT2D eigenvalue weighted by Gasteiger charge is -2.01. The van der Waals surface area contributed by atoms with E-state index in [0.717, 1.165) is 11.3 Å². The Hall–Kier alpha value is -2.24. The Morgan fingerprint density at radius 2 is 2.00 bits per heavy atom. The van der Waals surface area contributed by atoms with Crippen LogP contribution in [0.4, 0.5) is 5.13 Å². The van der Waals surface area contributed by atoms with Crippen molar-refractivity contribution in [3.8, 4) is 11.3 Å². The van der Waals surface area contributed by atoms with Gasteiger partial charge in [0.05, 0.1) is 5.69 Å². The number of thiazole rings is 1. The summed E-state index contributed by atoms with van der Waals surface area (Å²) in [5.41, 5.74) is 2.25. The van der Waals surface area contributed by atoms with Crippen LogP contribution >= 0.6 is 22.9 Å². The molecule has 0 aliphatic carbocycles. The maximum absolute atomic E-state index is 12.1. The van der Waals surface area contributed by atoms with Crippen LogP contribution in [0.2, 0.25) is 5.02 Å². The molecule has 1 amide bonds. The number of hydrogen-bond acceptors (Lipinski definition) is 4. The number of carbonyl (C=O) groups excluding carboxylic acids is 1. The number of nitrogens with one attached hydrogen (secondary N) is 1. The molecule has 0 spiro atoms. The number of aromatic nitrogens is 2. The van der Waals surface area contributed by atoms with E-state index in [1.54, 1.807) is 36.7 Å². The van der Waals surface area contributed by atoms with Gasteiger partial charge in [-0.05, 0) is 36.4 Å². The highest BCUT2D eigenvalue weighted by atomic mass is 35.5. The average molecular weight is 316 g/mol. The fourth-order valence-corrected chi connectivity index (χ4v) is 2.59. The topological polar surface area (TPSA) is 54.9 Å². The van der Waals surface area contributed by atoms with Crippen molar-refractivity contribution >= 4 is 34.0 Å². The first-order valence-corrected chi connectivity index (χ1v) is 7.41. The van der Waals surface area contributed by atoms with Crippen molar-refractivity contribution < 1.29 is 4.79 Å². The van der Waals surface area contributed by atoms with E-state index in [4.69, 9.17) is 11.6 Å². The van der Waals surface area contributed by atoms with Crippen LogP contribution in [0.15, 0.2) is 54.2 Å². The number of rotatable bonds is 3. The van der Waals surface area contributed by atoms with Gasteiger partial charge >= 0.3 is 0 Å². The molecule has 0 unspecified atom stereocenters. The zero-order valence-corrected chi connectivity index (χ0v) is 12.4. The Kier molecular flexibility index (Phi) is 3.94. The van der Waals surface area contributed by atoms with Gasteiger partial charge in [-0.1, -0.05) is 11.6 Å². The number of benzene rings is 1. The van der Waals surface area contributed by atoms with Crippen molar-refractivity contribution in [2.45, 2.75) is 0 Å². The summed E-state index contributed by atoms with van der Waals surface area (Å²) in [6.45, 7) is 0. The molecule has 2 aromatic heterocycles. The molecule has 1 N–H and O–H groups in total. The van der Waals surface area contributed by atoms with Crippen molar-refractivity contribution in [2.24, 2.45) is 0 Å². The summed E-state index contributed by atoms with van der Waals surface area (Å²) in [6, 6.07) is 10.5. The van der Waals surface area contributed by atoms with E-state index in [9.17, 15) is 4.79 Å². The van der Waals surface area contributed by atoms with Crippen LogP contribution in [0.5, 0.6) is 0 Å². The quantitative estimate of drug-likeness (QED) is 0.791. The molecule has 6 heteroatoms. The Morgan fingerprint density at radius 3 is 2.71 bits per heavy atom. The number of amides is 1. The summed E-state index contributed by atoms with van der Waals surface area (Å²) in [6.07, 6.45) is 3.44. The minimum Gasteiger partial charge on any atom is -0.298 e. The van der Waals surface area contributed by atoms with Crippen molar-refractivity contribution in [1.82, 2.24) is 9.97 Å². The summed E-state index contributed by atoms with van der Waals surface area (Å²) >= 11 is 7.17. The number of halogens is 1. The monoisotopic (exact) mass is 315 g/mol. The van der Waals surface area contributed by atoms with Gasteiger partial charge in [0.1, 0.15) is 0 Å². The Balaban J connectivity index is 1.75. The first-order chi connectivity index (χ1) is 10.2. The Labute approximate surface area is 130 Å². The second-order valence-corrected chi connectivity index (χ2v) is 5.54. The third-order valence-corrected chi connectivity index (χ3v) is 3.80. The molecular formula is C15H10ClN3OS. The fraction of sp³-hybridized carbons (Fsp3) is 0. The second kappa shape index (κ2) is 6.03. The van der Waals surface area contributed by atoms with Gasteiger partial charge in [0.15, 0.2) is 5.13 Å². The average Bonchev–Trinajstić information content (AvgIpc) is 2.97. The largest absolute Gasteiger partial charge is 0.298 e. The van der Waals surface area contributed by atoms with E-state index in [1.807, 2.05) is 17.5 Å². The number of pyridine rings is 1. The van der Waals surface area contributed by atoms with Gasteiger partial charge in [-0.3, -0.25) is 15.1 Å². The molecule has 0 bridgehead atoms. The van der Waals surface area contributed by atoms with Gasteiger partial charge in [-0.15, -0.1) is 11.3 Å². The number of hydrogen-bond donors (Lipinski definition) is 1. The molecule has 21 heavy (non-hydrogen) atoms. The number of carbonyl (C=O) groups is 1. The highest BCUT2D eigenvalue weighted by Crippen LogP contribution is 2.24. The first kappa shape index (κ1) is 13.7. The van der Waals surface area contributed by atoms with Crippen LogP contribution in [0, 0.1) is 0 Å². The van der Waals surface area contributed by atoms with Gasteiger partial charge < -0.3 is 0 Å². The lowest BCUT2D eigenvalue weighted by Crippen LogP contribution is -2.11. The van der Waals surface area contributed by atoms with Crippen molar-refractivity contribution in [3.63, 3.8) is 0 Å². The standard InChI is InChI=1S/C15H10ClN3OS/c16-12-5-3-10(4-6-12)14(20)19-15-18-13(9-21-15)11-2-1-7-17-8-11/h1-9H,(H,18,19,20). The molecule has 1 aromatic carbocycles. The summed E-state index contributed by atoms with van der Waals surface area (Å²) < 4.78 is 0. The molecule has 104 valence electrons. The van der Waals surface area contributed by atoms with E-state index < -0.39 is 0 Å². The summed E-state index contributed by atoms with van der Waals surface area (Å²) in [5.74, 6) is -0.209. The van der Waals surface area contributed by atoms with Crippen LogP contribution in [-0.4, -0.2) is 15.9 Å². The molecule has 3 aromatic rings. The van der Waals surface area contributed by atoms with E-state index >= 15 is 0 Å². The van der Waals surface area contributed by atoms with E-state index in [2.05, 4.69) is 15.3 Å². The fourth-order valence-electron chi connectivity index (χ4n) is 1.75. The van der Waals surface area contributed by atoms with E-state index in [-0.39, 0.29) is 5.91 Å². The maximum atomic E-state index is 12.1. The molecule has 4 nitrogen and oxygen atoms in total. The number of nitrogens with zero attached hydrogens (tertiary/aromatic N) is 2. The zero-order valence-electron chi connectivity index (χ0n) is 10.8. The predicted octanol–water partition coefficient (Wildman–Crippen LogP) is 4.11. The molecule has 0 aliphatic heterocycles. The number of anilines is 1. The lowest BCUT2D eigenvalue weighted by molar-refractivity contribution is 0.102. The van der Waals surface area contributed by atoms with Gasteiger partial charge in [-0.25, -0.2) is 4.98 Å². The van der Waals surface area contributed by atoms with Crippen LogP contribution in [0.25, 0.3) is 11.3 Å². The first-order valence-electron chi connectivity index (χ1n) is 6.15. The molecule has 0 saturated heterocycles. The van der Waals surface area contributed by atoms with Crippen LogP contribution in [0.1, 0.15) is 10.4 Å². The van der Waals surface area contributed by atoms with Gasteiger partial charge in [-0.2, -0.15) is 0 Å². The smallest absolute Gasteiger partial charge is 0.257 e. The molecule has 0 fully saturated rings. The zero-order chi connectivity index (χ0) is 14.7. The highest BCUT2D eigenvalue weighted by Gasteiger charge is 2.09. The SMILES string of the molecule is O=C(Nc1nc(-c2cccnc2)cs1)c1ccc(Cl)cc1. The normalized spacial score (nSPS) is 10.3. The van der Waals surface area contributed by atoms with Crippen molar-refractivity contribution in [2.75, 3.05) is 5.32 Å². The highest BCUT2D eigenvalue weighted by molar-refractivity contribution is 7.14. The van der Waals surface area contributed by atoms with Crippen LogP contribution in [0.3, 0.4) is 0 Å². The third-order valence-electron chi connectivity index (χ3n) is 2.79. The minimum absolute atomic E-state index is 0.209. The molecule has 0 atom stereocenters. The molecule has 2 heterocycles. The van der Waals surface area contributed by atoms with Crippen molar-refractivity contribution in [1.29, 1.82) is 0 Å². The summed E-state index contributed by atoms with van der Waals surface area (Å²) in [7, 11) is 0. The third kappa shape index (κ3) is 3.26. The lowest BCUT2D eigenvalue weighted by atomic mass is 10.2. The minimum atomic E-state index is -0.209. The molecule has 3 rings (SSSR count). The van der Waals surface area contributed by atoms with Gasteiger partial charge in [0, 0.05) is 33.9 Å². The predicted molar refractivity (Wildman–Crippen MR) is 84.8 cm³/mol. The molecule has 0 aliphatic rings. The molecule has 0 radical (unpaired) electrons. The summed E-state index contributed by atoms with van der Waals surface area (Å²) in [5, 5.41) is 5.80.